The molecule has 17 heavy (non-hydrogen) atoms. The fourth-order valence-corrected chi connectivity index (χ4v) is 2.85. The molecule has 0 spiro atoms. The van der Waals surface area contributed by atoms with Crippen LogP contribution in [0.25, 0.3) is 6.08 Å². The summed E-state index contributed by atoms with van der Waals surface area (Å²) in [6.07, 6.45) is 3.69. The zero-order valence-electron chi connectivity index (χ0n) is 11.4. The second-order valence-corrected chi connectivity index (χ2v) is 10.7. The minimum atomic E-state index is -0.912. The Morgan fingerprint density at radius 2 is 1.65 bits per heavy atom. The molecule has 0 heterocycles. The predicted molar refractivity (Wildman–Crippen MR) is 84.0 cm³/mol. The van der Waals surface area contributed by atoms with E-state index in [9.17, 15) is 0 Å². The zero-order valence-corrected chi connectivity index (χ0v) is 12.4. The predicted octanol–water partition coefficient (Wildman–Crippen LogP) is 5.40. The molecule has 0 aliphatic carbocycles. The fraction of sp³-hybridized carbons (Fsp3) is 0.250. The molecule has 1 rings (SSSR count). The van der Waals surface area contributed by atoms with Gasteiger partial charge in [0.15, 0.2) is 0 Å². The summed E-state index contributed by atoms with van der Waals surface area (Å²) in [6.45, 7) is 18.2. The zero-order chi connectivity index (χ0) is 13.3. The molecule has 0 saturated heterocycles. The molecule has 0 nitrogen and oxygen atoms in total. The van der Waals surface area contributed by atoms with E-state index in [0.717, 1.165) is 0 Å². The van der Waals surface area contributed by atoms with E-state index in [1.165, 1.54) is 17.2 Å². The van der Waals surface area contributed by atoms with Gasteiger partial charge < -0.3 is 0 Å². The van der Waals surface area contributed by atoms with Gasteiger partial charge in [0.05, 0.1) is 0 Å². The van der Waals surface area contributed by atoms with Gasteiger partial charge in [-0.1, -0.05) is 87.4 Å². The Labute approximate surface area is 107 Å². The van der Waals surface area contributed by atoms with E-state index in [1.54, 1.807) is 0 Å². The average molecular weight is 244 g/mol. The molecule has 1 heteroatoms. The van der Waals surface area contributed by atoms with Gasteiger partial charge in [0.25, 0.3) is 0 Å². The van der Waals surface area contributed by atoms with Gasteiger partial charge in [0.1, 0.15) is 0 Å². The van der Waals surface area contributed by atoms with E-state index in [-0.39, 0.29) is 0 Å². The maximum Gasteiger partial charge on any atom is 0.0486 e. The molecule has 1 aromatic carbocycles. The van der Waals surface area contributed by atoms with Crippen molar-refractivity contribution in [1.29, 1.82) is 0 Å². The molecule has 0 aliphatic heterocycles. The molecule has 0 atom stereocenters. The maximum atomic E-state index is 3.88. The average Bonchev–Trinajstić information content (AvgIpc) is 2.28. The van der Waals surface area contributed by atoms with Crippen molar-refractivity contribution in [2.24, 2.45) is 0 Å². The van der Waals surface area contributed by atoms with Crippen LogP contribution in [-0.2, 0) is 0 Å². The topological polar surface area (TPSA) is 0 Å². The Bertz CT molecular complexity index is 355. The van der Waals surface area contributed by atoms with Crippen molar-refractivity contribution in [1.82, 2.24) is 0 Å². The molecule has 0 N–H and O–H groups in total. The Hall–Kier alpha value is -1.34. The van der Waals surface area contributed by atoms with E-state index >= 15 is 0 Å². The summed E-state index contributed by atoms with van der Waals surface area (Å²) in [5, 5.41) is 0. The number of hydrogen-bond donors (Lipinski definition) is 0. The van der Waals surface area contributed by atoms with Crippen molar-refractivity contribution in [2.75, 3.05) is 0 Å². The summed E-state index contributed by atoms with van der Waals surface area (Å²) >= 11 is 0. The van der Waals surface area contributed by atoms with Gasteiger partial charge in [-0.25, -0.2) is 0 Å². The molecule has 0 aliphatic rings. The molecular formula is C16H24Si. The second-order valence-electron chi connectivity index (χ2n) is 5.21. The lowest BCUT2D eigenvalue weighted by atomic mass is 10.2. The van der Waals surface area contributed by atoms with Crippen LogP contribution in [0.15, 0.2) is 61.7 Å². The summed E-state index contributed by atoms with van der Waals surface area (Å²) in [5.41, 5.74) is 2.36. The molecule has 1 aromatic rings. The van der Waals surface area contributed by atoms with Gasteiger partial charge in [0.2, 0.25) is 0 Å². The monoisotopic (exact) mass is 244 g/mol. The van der Waals surface area contributed by atoms with Crippen molar-refractivity contribution in [3.63, 3.8) is 0 Å². The Kier molecular flexibility index (Phi) is 7.23. The SMILES string of the molecule is C=CC(=C)C[Si](C)(C)C.C=Cc1ccccc1. The molecule has 0 amide bonds. The van der Waals surface area contributed by atoms with Gasteiger partial charge >= 0.3 is 0 Å². The van der Waals surface area contributed by atoms with Crippen molar-refractivity contribution in [3.8, 4) is 0 Å². The summed E-state index contributed by atoms with van der Waals surface area (Å²) in [6, 6.07) is 11.2. The highest BCUT2D eigenvalue weighted by Crippen LogP contribution is 2.14. The largest absolute Gasteiger partial charge is 0.0988 e. The summed E-state index contributed by atoms with van der Waals surface area (Å²) < 4.78 is 0. The first kappa shape index (κ1) is 15.7. The fourth-order valence-electron chi connectivity index (χ4n) is 1.34. The molecule has 0 fully saturated rings. The third kappa shape index (κ3) is 9.58. The first-order valence-electron chi connectivity index (χ1n) is 5.87. The summed E-state index contributed by atoms with van der Waals surface area (Å²) in [5.74, 6) is 0. The van der Waals surface area contributed by atoms with Gasteiger partial charge in [-0.3, -0.25) is 0 Å². The standard InChI is InChI=1S/C8H16Si.C8H8/c1-6-8(2)7-9(3,4)5;1-2-8-6-4-3-5-7-8/h6H,1-2,7H2,3-5H3;2-7H,1H2. The van der Waals surface area contributed by atoms with E-state index in [1.807, 2.05) is 42.5 Å². The van der Waals surface area contributed by atoms with Crippen molar-refractivity contribution in [3.05, 3.63) is 67.3 Å². The van der Waals surface area contributed by atoms with E-state index in [2.05, 4.69) is 39.4 Å². The van der Waals surface area contributed by atoms with Crippen molar-refractivity contribution < 1.29 is 0 Å². The lowest BCUT2D eigenvalue weighted by Gasteiger charge is -2.14. The number of allylic oxidation sites excluding steroid dienone is 2. The molecule has 0 bridgehead atoms. The molecule has 0 aromatic heterocycles. The normalized spacial score (nSPS) is 9.82. The van der Waals surface area contributed by atoms with Gasteiger partial charge in [-0.2, -0.15) is 0 Å². The molecule has 0 unspecified atom stereocenters. The van der Waals surface area contributed by atoms with Gasteiger partial charge in [-0.15, -0.1) is 0 Å². The van der Waals surface area contributed by atoms with Crippen LogP contribution in [0.5, 0.6) is 0 Å². The van der Waals surface area contributed by atoms with Gasteiger partial charge in [-0.05, 0) is 11.6 Å². The van der Waals surface area contributed by atoms with Crippen LogP contribution in [0.2, 0.25) is 25.7 Å². The van der Waals surface area contributed by atoms with Crippen LogP contribution < -0.4 is 0 Å². The first-order chi connectivity index (χ1) is 7.89. The molecule has 0 radical (unpaired) electrons. The van der Waals surface area contributed by atoms with Gasteiger partial charge in [0, 0.05) is 8.07 Å². The Morgan fingerprint density at radius 3 is 1.88 bits per heavy atom. The quantitative estimate of drug-likeness (QED) is 0.491. The molecule has 0 saturated carbocycles. The third-order valence-electron chi connectivity index (χ3n) is 2.08. The van der Waals surface area contributed by atoms with Crippen LogP contribution in [0.3, 0.4) is 0 Å². The maximum absolute atomic E-state index is 3.88. The minimum Gasteiger partial charge on any atom is -0.0988 e. The lowest BCUT2D eigenvalue weighted by molar-refractivity contribution is 1.42. The van der Waals surface area contributed by atoms with Crippen molar-refractivity contribution in [2.45, 2.75) is 25.7 Å². The highest BCUT2D eigenvalue weighted by Gasteiger charge is 2.12. The van der Waals surface area contributed by atoms with Crippen LogP contribution in [0, 0.1) is 0 Å². The summed E-state index contributed by atoms with van der Waals surface area (Å²) in [4.78, 5) is 0. The van der Waals surface area contributed by atoms with Crippen molar-refractivity contribution >= 4 is 14.1 Å². The van der Waals surface area contributed by atoms with Crippen LogP contribution in [-0.4, -0.2) is 8.07 Å². The van der Waals surface area contributed by atoms with E-state index < -0.39 is 8.07 Å². The highest BCUT2D eigenvalue weighted by molar-refractivity contribution is 6.76. The number of rotatable bonds is 4. The number of benzene rings is 1. The lowest BCUT2D eigenvalue weighted by Crippen LogP contribution is -2.19. The smallest absolute Gasteiger partial charge is 0.0486 e. The molecule has 92 valence electrons. The molecular weight excluding hydrogens is 220 g/mol. The second kappa shape index (κ2) is 7.85. The highest BCUT2D eigenvalue weighted by atomic mass is 28.3. The Morgan fingerprint density at radius 1 is 1.12 bits per heavy atom. The summed E-state index contributed by atoms with van der Waals surface area (Å²) in [7, 11) is -0.912. The number of hydrogen-bond acceptors (Lipinski definition) is 0. The van der Waals surface area contributed by atoms with Crippen LogP contribution in [0.1, 0.15) is 5.56 Å². The first-order valence-corrected chi connectivity index (χ1v) is 9.57. The van der Waals surface area contributed by atoms with Crippen LogP contribution >= 0.6 is 0 Å². The van der Waals surface area contributed by atoms with Crippen LogP contribution in [0.4, 0.5) is 0 Å². The van der Waals surface area contributed by atoms with E-state index in [0.29, 0.717) is 0 Å². The minimum absolute atomic E-state index is 0.912. The third-order valence-corrected chi connectivity index (χ3v) is 3.60. The van der Waals surface area contributed by atoms with E-state index in [4.69, 9.17) is 0 Å². The Balaban J connectivity index is 0.000000302.